The van der Waals surface area contributed by atoms with Gasteiger partial charge in [-0.3, -0.25) is 0 Å². The van der Waals surface area contributed by atoms with Crippen LogP contribution in [-0.4, -0.2) is 43.2 Å². The zero-order valence-corrected chi connectivity index (χ0v) is 10.8. The Kier molecular flexibility index (Phi) is 4.02. The molecule has 0 amide bonds. The minimum atomic E-state index is -0.396. The monoisotopic (exact) mass is 234 g/mol. The van der Waals surface area contributed by atoms with Crippen molar-refractivity contribution in [3.63, 3.8) is 0 Å². The molecule has 0 spiro atoms. The van der Waals surface area contributed by atoms with E-state index in [-0.39, 0.29) is 0 Å². The minimum Gasteiger partial charge on any atom is -0.389 e. The van der Waals surface area contributed by atoms with Gasteiger partial charge in [0.25, 0.3) is 0 Å². The van der Waals surface area contributed by atoms with Gasteiger partial charge in [-0.15, -0.1) is 0 Å². The number of aliphatic hydroxyl groups excluding tert-OH is 1. The number of hydrogen-bond acceptors (Lipinski definition) is 3. The molecule has 0 aromatic heterocycles. The summed E-state index contributed by atoms with van der Waals surface area (Å²) >= 11 is 0. The SMILES string of the molecule is CC(O)c1ccccc1N1CCCN(C)CC1. The van der Waals surface area contributed by atoms with E-state index in [0.29, 0.717) is 0 Å². The standard InChI is InChI=1S/C14H22N2O/c1-12(17)13-6-3-4-7-14(13)16-9-5-8-15(2)10-11-16/h3-4,6-7,12,17H,5,8-11H2,1-2H3. The van der Waals surface area contributed by atoms with E-state index in [2.05, 4.69) is 29.0 Å². The van der Waals surface area contributed by atoms with Crippen molar-refractivity contribution in [1.82, 2.24) is 4.90 Å². The van der Waals surface area contributed by atoms with Crippen molar-refractivity contribution in [3.8, 4) is 0 Å². The molecule has 0 bridgehead atoms. The van der Waals surface area contributed by atoms with E-state index in [1.807, 2.05) is 19.1 Å². The molecule has 1 saturated heterocycles. The van der Waals surface area contributed by atoms with Gasteiger partial charge in [0.2, 0.25) is 0 Å². The first-order valence-corrected chi connectivity index (χ1v) is 6.39. The number of likely N-dealkylation sites (N-methyl/N-ethyl adjacent to an activating group) is 1. The molecule has 2 rings (SSSR count). The van der Waals surface area contributed by atoms with Crippen molar-refractivity contribution in [2.45, 2.75) is 19.4 Å². The Morgan fingerprint density at radius 3 is 2.65 bits per heavy atom. The van der Waals surface area contributed by atoms with Crippen molar-refractivity contribution >= 4 is 5.69 Å². The molecule has 0 aliphatic carbocycles. The second-order valence-electron chi connectivity index (χ2n) is 4.88. The molecule has 1 atom stereocenters. The molecule has 94 valence electrons. The molecule has 1 aliphatic heterocycles. The third kappa shape index (κ3) is 2.99. The van der Waals surface area contributed by atoms with E-state index >= 15 is 0 Å². The van der Waals surface area contributed by atoms with E-state index in [0.717, 1.165) is 31.7 Å². The Labute approximate surface area is 104 Å². The molecule has 0 saturated carbocycles. The van der Waals surface area contributed by atoms with Crippen molar-refractivity contribution in [2.24, 2.45) is 0 Å². The number of aliphatic hydroxyl groups is 1. The molecule has 3 nitrogen and oxygen atoms in total. The van der Waals surface area contributed by atoms with Gasteiger partial charge < -0.3 is 14.9 Å². The summed E-state index contributed by atoms with van der Waals surface area (Å²) in [5.41, 5.74) is 2.23. The number of nitrogens with zero attached hydrogens (tertiary/aromatic N) is 2. The van der Waals surface area contributed by atoms with E-state index in [1.54, 1.807) is 0 Å². The maximum absolute atomic E-state index is 9.82. The Morgan fingerprint density at radius 2 is 1.88 bits per heavy atom. The lowest BCUT2D eigenvalue weighted by Crippen LogP contribution is -2.29. The van der Waals surface area contributed by atoms with E-state index in [4.69, 9.17) is 0 Å². The highest BCUT2D eigenvalue weighted by atomic mass is 16.3. The van der Waals surface area contributed by atoms with Gasteiger partial charge >= 0.3 is 0 Å². The van der Waals surface area contributed by atoms with Gasteiger partial charge in [0.05, 0.1) is 6.10 Å². The molecule has 1 aromatic rings. The van der Waals surface area contributed by atoms with Crippen LogP contribution in [0.1, 0.15) is 25.0 Å². The second-order valence-corrected chi connectivity index (χ2v) is 4.88. The van der Waals surface area contributed by atoms with Gasteiger partial charge in [-0.25, -0.2) is 0 Å². The highest BCUT2D eigenvalue weighted by Gasteiger charge is 2.16. The van der Waals surface area contributed by atoms with Crippen LogP contribution in [-0.2, 0) is 0 Å². The van der Waals surface area contributed by atoms with Crippen molar-refractivity contribution in [2.75, 3.05) is 38.1 Å². The van der Waals surface area contributed by atoms with Gasteiger partial charge in [0, 0.05) is 30.9 Å². The van der Waals surface area contributed by atoms with Crippen LogP contribution >= 0.6 is 0 Å². The largest absolute Gasteiger partial charge is 0.389 e. The molecule has 1 aliphatic rings. The summed E-state index contributed by atoms with van der Waals surface area (Å²) in [6.45, 7) is 6.21. The minimum absolute atomic E-state index is 0.396. The molecule has 1 heterocycles. The molecule has 1 aromatic carbocycles. The topological polar surface area (TPSA) is 26.7 Å². The number of para-hydroxylation sites is 1. The Hall–Kier alpha value is -1.06. The Morgan fingerprint density at radius 1 is 1.12 bits per heavy atom. The normalized spacial score (nSPS) is 20.1. The molecular formula is C14H22N2O. The molecule has 1 fully saturated rings. The van der Waals surface area contributed by atoms with Gasteiger partial charge in [0.15, 0.2) is 0 Å². The fraction of sp³-hybridized carbons (Fsp3) is 0.571. The van der Waals surface area contributed by atoms with Crippen molar-refractivity contribution in [3.05, 3.63) is 29.8 Å². The first-order valence-electron chi connectivity index (χ1n) is 6.39. The lowest BCUT2D eigenvalue weighted by atomic mass is 10.1. The van der Waals surface area contributed by atoms with Crippen molar-refractivity contribution in [1.29, 1.82) is 0 Å². The fourth-order valence-electron chi connectivity index (χ4n) is 2.42. The highest BCUT2D eigenvalue weighted by molar-refractivity contribution is 5.54. The predicted molar refractivity (Wildman–Crippen MR) is 71.4 cm³/mol. The van der Waals surface area contributed by atoms with Gasteiger partial charge in [-0.2, -0.15) is 0 Å². The van der Waals surface area contributed by atoms with Crippen molar-refractivity contribution < 1.29 is 5.11 Å². The summed E-state index contributed by atoms with van der Waals surface area (Å²) in [7, 11) is 2.17. The van der Waals surface area contributed by atoms with Gasteiger partial charge in [0.1, 0.15) is 0 Å². The number of anilines is 1. The Bertz CT molecular complexity index is 365. The molecular weight excluding hydrogens is 212 g/mol. The maximum atomic E-state index is 9.82. The van der Waals surface area contributed by atoms with Crippen LogP contribution in [0.3, 0.4) is 0 Å². The number of benzene rings is 1. The molecule has 3 heteroatoms. The number of rotatable bonds is 2. The Balaban J connectivity index is 2.21. The van der Waals surface area contributed by atoms with Crippen LogP contribution in [0, 0.1) is 0 Å². The van der Waals surface area contributed by atoms with Crippen LogP contribution < -0.4 is 4.90 Å². The first kappa shape index (κ1) is 12.4. The lowest BCUT2D eigenvalue weighted by molar-refractivity contribution is 0.199. The smallest absolute Gasteiger partial charge is 0.0781 e. The third-order valence-corrected chi connectivity index (χ3v) is 3.45. The lowest BCUT2D eigenvalue weighted by Gasteiger charge is -2.26. The average Bonchev–Trinajstić information content (AvgIpc) is 2.54. The third-order valence-electron chi connectivity index (χ3n) is 3.45. The summed E-state index contributed by atoms with van der Waals surface area (Å²) in [4.78, 5) is 4.76. The van der Waals surface area contributed by atoms with Crippen LogP contribution in [0.2, 0.25) is 0 Å². The molecule has 1 N–H and O–H groups in total. The van der Waals surface area contributed by atoms with Gasteiger partial charge in [-0.05, 0) is 33.0 Å². The van der Waals surface area contributed by atoms with Crippen LogP contribution in [0.5, 0.6) is 0 Å². The first-order chi connectivity index (χ1) is 8.18. The summed E-state index contributed by atoms with van der Waals surface area (Å²) in [6, 6.07) is 8.19. The van der Waals surface area contributed by atoms with Gasteiger partial charge in [-0.1, -0.05) is 18.2 Å². The van der Waals surface area contributed by atoms with E-state index in [9.17, 15) is 5.11 Å². The summed E-state index contributed by atoms with van der Waals surface area (Å²) < 4.78 is 0. The summed E-state index contributed by atoms with van der Waals surface area (Å²) in [5, 5.41) is 9.82. The van der Waals surface area contributed by atoms with E-state index < -0.39 is 6.10 Å². The number of hydrogen-bond donors (Lipinski definition) is 1. The zero-order valence-electron chi connectivity index (χ0n) is 10.8. The molecule has 0 radical (unpaired) electrons. The maximum Gasteiger partial charge on any atom is 0.0781 e. The second kappa shape index (κ2) is 5.52. The summed E-state index contributed by atoms with van der Waals surface area (Å²) in [6.07, 6.45) is 0.789. The molecule has 17 heavy (non-hydrogen) atoms. The van der Waals surface area contributed by atoms with Crippen LogP contribution in [0.4, 0.5) is 5.69 Å². The van der Waals surface area contributed by atoms with Crippen LogP contribution in [0.15, 0.2) is 24.3 Å². The average molecular weight is 234 g/mol. The fourth-order valence-corrected chi connectivity index (χ4v) is 2.42. The predicted octanol–water partition coefficient (Wildman–Crippen LogP) is 1.88. The molecule has 1 unspecified atom stereocenters. The highest BCUT2D eigenvalue weighted by Crippen LogP contribution is 2.26. The zero-order chi connectivity index (χ0) is 12.3. The quantitative estimate of drug-likeness (QED) is 0.846. The summed E-state index contributed by atoms with van der Waals surface area (Å²) in [5.74, 6) is 0. The van der Waals surface area contributed by atoms with E-state index in [1.165, 1.54) is 12.1 Å². The van der Waals surface area contributed by atoms with Crippen LogP contribution in [0.25, 0.3) is 0 Å².